The van der Waals surface area contributed by atoms with Gasteiger partial charge >= 0.3 is 6.09 Å². The number of tetrazole rings is 1. The number of pyridine rings is 1. The van der Waals surface area contributed by atoms with Crippen molar-refractivity contribution in [2.24, 2.45) is 24.6 Å². The number of ether oxygens (including phenoxy) is 1. The first-order valence-electron chi connectivity index (χ1n) is 19.0. The van der Waals surface area contributed by atoms with E-state index in [1.807, 2.05) is 52.0 Å². The second kappa shape index (κ2) is 19.4. The average molecular weight is 808 g/mol. The van der Waals surface area contributed by atoms with Gasteiger partial charge in [-0.3, -0.25) is 33.7 Å². The van der Waals surface area contributed by atoms with Crippen LogP contribution in [0.2, 0.25) is 0 Å². The number of anilines is 2. The summed E-state index contributed by atoms with van der Waals surface area (Å²) in [5.41, 5.74) is 10.3. The Kier molecular flexibility index (Phi) is 14.2. The van der Waals surface area contributed by atoms with Gasteiger partial charge in [0.1, 0.15) is 17.3 Å². The molecular formula is C41H49N11O7. The standard InChI is InChI=1S/C40H47N11O5.CH2O2/c1-24-20-32(37(53)44-34-18-19-50(5)47-34)42-23-31(24)27-10-6-25(7-11-27)21-33(35(41)52)51(30-16-14-28(15-17-30)36-45-48-49-46-36)38(54)29-12-8-26(9-13-29)22-43-39(55)56-40(2,3)4;2-1-3/h6-7,10-11,14-20,23,26,29,33H,8-9,12-13,21-22H2,1-5H3,(H2,41,52)(H,43,55)(H,44,47,53)(H,45,46,48,49);1H,(H,2,3)/t26?,29?,33-;/m0./s1. The molecule has 0 unspecified atom stereocenters. The number of nitrogens with two attached hydrogens (primary N) is 1. The number of carboxylic acid groups (broad SMARTS) is 1. The van der Waals surface area contributed by atoms with Crippen molar-refractivity contribution in [2.45, 2.75) is 71.4 Å². The van der Waals surface area contributed by atoms with Gasteiger partial charge in [0.05, 0.1) is 0 Å². The molecule has 18 nitrogen and oxygen atoms in total. The highest BCUT2D eigenvalue weighted by molar-refractivity contribution is 6.03. The molecule has 0 spiro atoms. The second-order valence-corrected chi connectivity index (χ2v) is 15.2. The average Bonchev–Trinajstić information content (AvgIpc) is 3.89. The highest BCUT2D eigenvalue weighted by atomic mass is 16.6. The highest BCUT2D eigenvalue weighted by Crippen LogP contribution is 2.33. The molecule has 2 aromatic carbocycles. The zero-order valence-corrected chi connectivity index (χ0v) is 33.6. The molecule has 6 N–H and O–H groups in total. The van der Waals surface area contributed by atoms with Crippen molar-refractivity contribution in [3.8, 4) is 22.5 Å². The predicted octanol–water partition coefficient (Wildman–Crippen LogP) is 4.68. The van der Waals surface area contributed by atoms with E-state index in [-0.39, 0.29) is 42.2 Å². The van der Waals surface area contributed by atoms with Crippen molar-refractivity contribution >= 4 is 41.8 Å². The summed E-state index contributed by atoms with van der Waals surface area (Å²) < 4.78 is 6.97. The lowest BCUT2D eigenvalue weighted by Crippen LogP contribution is -2.52. The molecule has 6 rings (SSSR count). The first-order valence-corrected chi connectivity index (χ1v) is 19.0. The van der Waals surface area contributed by atoms with Gasteiger partial charge in [-0.2, -0.15) is 10.3 Å². The fraction of sp³-hybridized carbons (Fsp3) is 0.366. The minimum Gasteiger partial charge on any atom is -0.483 e. The lowest BCUT2D eigenvalue weighted by atomic mass is 9.81. The second-order valence-electron chi connectivity index (χ2n) is 15.2. The van der Waals surface area contributed by atoms with Gasteiger partial charge < -0.3 is 26.2 Å². The fourth-order valence-electron chi connectivity index (χ4n) is 6.88. The van der Waals surface area contributed by atoms with Crippen LogP contribution < -0.4 is 21.3 Å². The molecule has 3 heterocycles. The van der Waals surface area contributed by atoms with Crippen molar-refractivity contribution in [2.75, 3.05) is 16.8 Å². The Bertz CT molecular complexity index is 2210. The van der Waals surface area contributed by atoms with Crippen molar-refractivity contribution in [3.05, 3.63) is 89.9 Å². The monoisotopic (exact) mass is 807 g/mol. The largest absolute Gasteiger partial charge is 0.483 e. The van der Waals surface area contributed by atoms with Crippen LogP contribution in [0.15, 0.2) is 73.1 Å². The number of primary amides is 1. The van der Waals surface area contributed by atoms with Crippen LogP contribution in [0.5, 0.6) is 0 Å². The Morgan fingerprint density at radius 2 is 1.69 bits per heavy atom. The number of nitrogens with one attached hydrogen (secondary N) is 3. The smallest absolute Gasteiger partial charge is 0.407 e. The number of alkyl carbamates (subject to hydrolysis) is 1. The molecule has 3 aromatic heterocycles. The van der Waals surface area contributed by atoms with Crippen molar-refractivity contribution in [3.63, 3.8) is 0 Å². The van der Waals surface area contributed by atoms with Crippen LogP contribution in [0, 0.1) is 18.8 Å². The Hall–Kier alpha value is -6.98. The van der Waals surface area contributed by atoms with Gasteiger partial charge in [-0.05, 0) is 112 Å². The SMILES string of the molecule is Cc1cc(C(=O)Nc2ccn(C)n2)ncc1-c1ccc(C[C@@H](C(N)=O)N(C(=O)C2CCC(CNC(=O)OC(C)(C)C)CC2)c2ccc(-c3nn[nH]n3)cc2)cc1.O=CO. The van der Waals surface area contributed by atoms with Crippen molar-refractivity contribution in [1.29, 1.82) is 0 Å². The number of hydrogen-bond donors (Lipinski definition) is 5. The molecule has 0 aliphatic heterocycles. The number of rotatable bonds is 12. The van der Waals surface area contributed by atoms with E-state index in [9.17, 15) is 19.2 Å². The number of hydrogen-bond acceptors (Lipinski definition) is 11. The van der Waals surface area contributed by atoms with Crippen LogP contribution in [-0.4, -0.2) is 89.0 Å². The number of carbonyl (C=O) groups is 5. The van der Waals surface area contributed by atoms with E-state index in [4.69, 9.17) is 20.4 Å². The number of aromatic nitrogens is 7. The molecule has 1 saturated carbocycles. The summed E-state index contributed by atoms with van der Waals surface area (Å²) >= 11 is 0. The van der Waals surface area contributed by atoms with Gasteiger partial charge in [0.15, 0.2) is 5.82 Å². The summed E-state index contributed by atoms with van der Waals surface area (Å²) in [5, 5.41) is 30.8. The number of carbonyl (C=O) groups excluding carboxylic acids is 4. The van der Waals surface area contributed by atoms with E-state index >= 15 is 0 Å². The summed E-state index contributed by atoms with van der Waals surface area (Å²) in [6.45, 7) is 7.56. The molecule has 1 aliphatic carbocycles. The third-order valence-electron chi connectivity index (χ3n) is 9.75. The van der Waals surface area contributed by atoms with E-state index in [0.717, 1.165) is 35.1 Å². The molecule has 310 valence electrons. The Balaban J connectivity index is 0.00000214. The molecule has 0 bridgehead atoms. The lowest BCUT2D eigenvalue weighted by Gasteiger charge is -2.36. The number of aromatic amines is 1. The zero-order chi connectivity index (χ0) is 42.7. The summed E-state index contributed by atoms with van der Waals surface area (Å²) in [6.07, 6.45) is 5.74. The van der Waals surface area contributed by atoms with Crippen molar-refractivity contribution in [1.82, 2.24) is 40.7 Å². The van der Waals surface area contributed by atoms with Crippen LogP contribution in [0.25, 0.3) is 22.5 Å². The minimum absolute atomic E-state index is 0.174. The van der Waals surface area contributed by atoms with Gasteiger partial charge in [-0.15, -0.1) is 10.2 Å². The van der Waals surface area contributed by atoms with Crippen molar-refractivity contribution < 1.29 is 33.8 Å². The Labute approximate surface area is 340 Å². The number of aryl methyl sites for hydroxylation is 2. The van der Waals surface area contributed by atoms with Crippen LogP contribution in [0.1, 0.15) is 68.1 Å². The number of nitrogens with zero attached hydrogens (tertiary/aromatic N) is 7. The van der Waals surface area contributed by atoms with E-state index < -0.39 is 23.6 Å². The normalized spacial score (nSPS) is 15.5. The van der Waals surface area contributed by atoms with Crippen LogP contribution in [0.4, 0.5) is 16.3 Å². The molecule has 5 aromatic rings. The third-order valence-corrected chi connectivity index (χ3v) is 9.75. The number of H-pyrrole nitrogens is 1. The van der Waals surface area contributed by atoms with Crippen LogP contribution in [-0.2, 0) is 32.6 Å². The number of amides is 4. The third kappa shape index (κ3) is 11.8. The molecule has 1 aliphatic rings. The first-order chi connectivity index (χ1) is 28.1. The predicted molar refractivity (Wildman–Crippen MR) is 218 cm³/mol. The zero-order valence-electron chi connectivity index (χ0n) is 33.6. The minimum atomic E-state index is -0.990. The van der Waals surface area contributed by atoms with E-state index in [1.54, 1.807) is 60.5 Å². The molecule has 59 heavy (non-hydrogen) atoms. The molecular weight excluding hydrogens is 759 g/mol. The quantitative estimate of drug-likeness (QED) is 0.108. The molecule has 0 radical (unpaired) electrons. The maximum absolute atomic E-state index is 14.5. The van der Waals surface area contributed by atoms with Gasteiger partial charge in [0, 0.05) is 61.2 Å². The molecule has 1 atom stereocenters. The molecule has 18 heteroatoms. The van der Waals surface area contributed by atoms with E-state index in [2.05, 4.69) is 41.3 Å². The van der Waals surface area contributed by atoms with Crippen LogP contribution >= 0.6 is 0 Å². The molecule has 0 saturated heterocycles. The Morgan fingerprint density at radius 1 is 1.03 bits per heavy atom. The first kappa shape index (κ1) is 43.1. The maximum Gasteiger partial charge on any atom is 0.407 e. The summed E-state index contributed by atoms with van der Waals surface area (Å²) in [6, 6.07) is 17.1. The summed E-state index contributed by atoms with van der Waals surface area (Å²) in [7, 11) is 1.77. The maximum atomic E-state index is 14.5. The van der Waals surface area contributed by atoms with Gasteiger partial charge in [-0.25, -0.2) is 4.79 Å². The van der Waals surface area contributed by atoms with E-state index in [1.165, 1.54) is 4.90 Å². The topological polar surface area (TPSA) is 253 Å². The van der Waals surface area contributed by atoms with Gasteiger partial charge in [-0.1, -0.05) is 24.3 Å². The summed E-state index contributed by atoms with van der Waals surface area (Å²) in [5.74, 6) is -0.518. The number of benzene rings is 2. The molecule has 4 amide bonds. The van der Waals surface area contributed by atoms with Crippen LogP contribution in [0.3, 0.4) is 0 Å². The highest BCUT2D eigenvalue weighted by Gasteiger charge is 2.36. The summed E-state index contributed by atoms with van der Waals surface area (Å²) in [4.78, 5) is 67.1. The fourth-order valence-corrected chi connectivity index (χ4v) is 6.88. The van der Waals surface area contributed by atoms with E-state index in [0.29, 0.717) is 42.3 Å². The lowest BCUT2D eigenvalue weighted by molar-refractivity contribution is -0.127. The Morgan fingerprint density at radius 3 is 2.25 bits per heavy atom. The van der Waals surface area contributed by atoms with Gasteiger partial charge in [0.25, 0.3) is 12.4 Å². The van der Waals surface area contributed by atoms with Gasteiger partial charge in [0.2, 0.25) is 17.6 Å². The molecule has 1 fully saturated rings.